The van der Waals surface area contributed by atoms with Crippen LogP contribution in [-0.2, 0) is 0 Å². The predicted molar refractivity (Wildman–Crippen MR) is 52.0 cm³/mol. The minimum atomic E-state index is -0.758. The molecule has 1 atom stereocenters. The molecule has 0 aliphatic rings. The highest BCUT2D eigenvalue weighted by Crippen LogP contribution is 2.21. The van der Waals surface area contributed by atoms with Gasteiger partial charge in [-0.05, 0) is 18.2 Å². The highest BCUT2D eigenvalue weighted by Gasteiger charge is 2.12. The Balaban J connectivity index is 2.28. The average Bonchev–Trinajstić information content (AvgIpc) is 2.71. The van der Waals surface area contributed by atoms with Gasteiger partial charge in [-0.2, -0.15) is 0 Å². The van der Waals surface area contributed by atoms with Crippen molar-refractivity contribution in [2.45, 2.75) is 6.10 Å². The van der Waals surface area contributed by atoms with Crippen LogP contribution >= 0.6 is 11.6 Å². The fourth-order valence-corrected chi connectivity index (χ4v) is 1.26. The molecule has 72 valence electrons. The van der Waals surface area contributed by atoms with Crippen LogP contribution in [-0.4, -0.2) is 10.1 Å². The molecular weight excluding hydrogens is 202 g/mol. The van der Waals surface area contributed by atoms with Gasteiger partial charge in [0.2, 0.25) is 0 Å². The van der Waals surface area contributed by atoms with E-state index in [0.29, 0.717) is 16.3 Å². The minimum absolute atomic E-state index is 0.549. The number of hydrogen-bond donors (Lipinski definition) is 1. The number of nitrogens with zero attached hydrogens (tertiary/aromatic N) is 1. The van der Waals surface area contributed by atoms with Crippen LogP contribution in [0.15, 0.2) is 41.3 Å². The highest BCUT2D eigenvalue weighted by molar-refractivity contribution is 6.30. The van der Waals surface area contributed by atoms with Crippen molar-refractivity contribution in [2.75, 3.05) is 0 Å². The molecule has 0 radical (unpaired) electrons. The van der Waals surface area contributed by atoms with E-state index in [2.05, 4.69) is 4.98 Å². The van der Waals surface area contributed by atoms with Crippen LogP contribution in [0.2, 0.25) is 5.02 Å². The molecule has 0 amide bonds. The number of furan rings is 1. The predicted octanol–water partition coefficient (Wildman–Crippen LogP) is 2.41. The largest absolute Gasteiger partial charge is 0.472 e. The Morgan fingerprint density at radius 1 is 1.36 bits per heavy atom. The van der Waals surface area contributed by atoms with E-state index in [0.717, 1.165) is 0 Å². The lowest BCUT2D eigenvalue weighted by atomic mass is 10.1. The second-order valence-electron chi connectivity index (χ2n) is 2.86. The van der Waals surface area contributed by atoms with E-state index >= 15 is 0 Å². The van der Waals surface area contributed by atoms with E-state index in [-0.39, 0.29) is 0 Å². The third-order valence-corrected chi connectivity index (χ3v) is 2.11. The third kappa shape index (κ3) is 1.78. The molecule has 2 aromatic heterocycles. The van der Waals surface area contributed by atoms with Crippen LogP contribution in [0, 0.1) is 0 Å². The highest BCUT2D eigenvalue weighted by atomic mass is 35.5. The number of halogens is 1. The van der Waals surface area contributed by atoms with Gasteiger partial charge in [-0.3, -0.25) is 4.98 Å². The van der Waals surface area contributed by atoms with Crippen LogP contribution < -0.4 is 0 Å². The summed E-state index contributed by atoms with van der Waals surface area (Å²) in [6.07, 6.45) is 3.74. The number of aliphatic hydroxyl groups excluding tert-OH is 1. The molecule has 0 spiro atoms. The number of aromatic nitrogens is 1. The lowest BCUT2D eigenvalue weighted by Crippen LogP contribution is -2.00. The molecule has 4 heteroatoms. The van der Waals surface area contributed by atoms with Crippen molar-refractivity contribution in [3.8, 4) is 0 Å². The van der Waals surface area contributed by atoms with E-state index in [1.54, 1.807) is 18.2 Å². The van der Waals surface area contributed by atoms with E-state index < -0.39 is 6.10 Å². The van der Waals surface area contributed by atoms with Crippen LogP contribution in [0.3, 0.4) is 0 Å². The Bertz CT molecular complexity index is 397. The summed E-state index contributed by atoms with van der Waals surface area (Å²) in [7, 11) is 0. The number of hydrogen-bond acceptors (Lipinski definition) is 3. The third-order valence-electron chi connectivity index (χ3n) is 1.89. The molecule has 1 N–H and O–H groups in total. The van der Waals surface area contributed by atoms with Crippen LogP contribution in [0.5, 0.6) is 0 Å². The quantitative estimate of drug-likeness (QED) is 0.826. The average molecular weight is 210 g/mol. The summed E-state index contributed by atoms with van der Waals surface area (Å²) in [4.78, 5) is 4.01. The molecular formula is C10H8ClNO2. The van der Waals surface area contributed by atoms with Crippen molar-refractivity contribution in [1.82, 2.24) is 4.98 Å². The molecule has 0 aliphatic heterocycles. The van der Waals surface area contributed by atoms with Gasteiger partial charge in [-0.1, -0.05) is 11.6 Å². The van der Waals surface area contributed by atoms with E-state index in [4.69, 9.17) is 16.0 Å². The zero-order valence-electron chi connectivity index (χ0n) is 7.22. The summed E-state index contributed by atoms with van der Waals surface area (Å²) < 4.78 is 4.87. The van der Waals surface area contributed by atoms with Crippen molar-refractivity contribution >= 4 is 11.6 Å². The van der Waals surface area contributed by atoms with Crippen molar-refractivity contribution < 1.29 is 9.52 Å². The first-order valence-corrected chi connectivity index (χ1v) is 4.47. The normalized spacial score (nSPS) is 12.7. The van der Waals surface area contributed by atoms with Crippen molar-refractivity contribution in [2.24, 2.45) is 0 Å². The maximum absolute atomic E-state index is 9.81. The molecule has 0 bridgehead atoms. The van der Waals surface area contributed by atoms with Gasteiger partial charge >= 0.3 is 0 Å². The molecule has 3 nitrogen and oxygen atoms in total. The first-order chi connectivity index (χ1) is 6.77. The zero-order valence-corrected chi connectivity index (χ0v) is 7.98. The molecule has 0 saturated heterocycles. The van der Waals surface area contributed by atoms with Crippen molar-refractivity contribution in [1.29, 1.82) is 0 Å². The van der Waals surface area contributed by atoms with Gasteiger partial charge in [0, 0.05) is 11.8 Å². The van der Waals surface area contributed by atoms with Crippen molar-refractivity contribution in [3.05, 3.63) is 53.2 Å². The van der Waals surface area contributed by atoms with Gasteiger partial charge in [0.1, 0.15) is 6.10 Å². The number of rotatable bonds is 2. The second-order valence-corrected chi connectivity index (χ2v) is 3.30. The van der Waals surface area contributed by atoms with E-state index in [1.165, 1.54) is 18.7 Å². The molecule has 1 unspecified atom stereocenters. The number of pyridine rings is 1. The smallest absolute Gasteiger partial charge is 0.124 e. The van der Waals surface area contributed by atoms with E-state index in [1.807, 2.05) is 0 Å². The van der Waals surface area contributed by atoms with Crippen LogP contribution in [0.4, 0.5) is 0 Å². The monoisotopic (exact) mass is 209 g/mol. The molecule has 0 saturated carbocycles. The molecule has 2 rings (SSSR count). The Labute approximate surface area is 86.0 Å². The van der Waals surface area contributed by atoms with Gasteiger partial charge in [-0.15, -0.1) is 0 Å². The molecule has 2 heterocycles. The summed E-state index contributed by atoms with van der Waals surface area (Å²) in [5.41, 5.74) is 1.23. The lowest BCUT2D eigenvalue weighted by Gasteiger charge is -2.06. The van der Waals surface area contributed by atoms with Gasteiger partial charge in [0.05, 0.1) is 23.2 Å². The molecule has 0 fully saturated rings. The summed E-state index contributed by atoms with van der Waals surface area (Å²) in [6, 6.07) is 5.06. The summed E-state index contributed by atoms with van der Waals surface area (Å²) in [6.45, 7) is 0. The Morgan fingerprint density at radius 2 is 2.21 bits per heavy atom. The number of aliphatic hydroxyl groups is 1. The van der Waals surface area contributed by atoms with Crippen LogP contribution in [0.1, 0.15) is 17.4 Å². The van der Waals surface area contributed by atoms with Gasteiger partial charge in [0.25, 0.3) is 0 Å². The second kappa shape index (κ2) is 3.82. The topological polar surface area (TPSA) is 46.3 Å². The maximum Gasteiger partial charge on any atom is 0.124 e. The first kappa shape index (κ1) is 9.24. The maximum atomic E-state index is 9.81. The van der Waals surface area contributed by atoms with Crippen molar-refractivity contribution in [3.63, 3.8) is 0 Å². The first-order valence-electron chi connectivity index (χ1n) is 4.09. The summed E-state index contributed by atoms with van der Waals surface area (Å²) in [5, 5.41) is 10.4. The van der Waals surface area contributed by atoms with E-state index in [9.17, 15) is 5.11 Å². The standard InChI is InChI=1S/C10H8ClNO2/c11-8-1-2-9(12-5-8)10(13)7-3-4-14-6-7/h1-6,10,13H. The lowest BCUT2D eigenvalue weighted by molar-refractivity contribution is 0.214. The molecule has 14 heavy (non-hydrogen) atoms. The Kier molecular flexibility index (Phi) is 2.52. The molecule has 0 aromatic carbocycles. The molecule has 0 aliphatic carbocycles. The molecule has 2 aromatic rings. The Hall–Kier alpha value is -1.32. The van der Waals surface area contributed by atoms with Gasteiger partial charge in [0.15, 0.2) is 0 Å². The summed E-state index contributed by atoms with van der Waals surface area (Å²) in [5.74, 6) is 0. The van der Waals surface area contributed by atoms with Gasteiger partial charge in [-0.25, -0.2) is 0 Å². The fraction of sp³-hybridized carbons (Fsp3) is 0.100. The SMILES string of the molecule is OC(c1ccoc1)c1ccc(Cl)cn1. The zero-order chi connectivity index (χ0) is 9.97. The fourth-order valence-electron chi connectivity index (χ4n) is 1.15. The Morgan fingerprint density at radius 3 is 2.79 bits per heavy atom. The van der Waals surface area contributed by atoms with Gasteiger partial charge < -0.3 is 9.52 Å². The van der Waals surface area contributed by atoms with Crippen LogP contribution in [0.25, 0.3) is 0 Å². The minimum Gasteiger partial charge on any atom is -0.472 e. The summed E-state index contributed by atoms with van der Waals surface area (Å²) >= 11 is 5.68.